The summed E-state index contributed by atoms with van der Waals surface area (Å²) in [5, 5.41) is 6.63. The third-order valence-electron chi connectivity index (χ3n) is 4.13. The van der Waals surface area contributed by atoms with Crippen LogP contribution in [0.2, 0.25) is 0 Å². The normalized spacial score (nSPS) is 15.9. The molecule has 0 saturated heterocycles. The highest BCUT2D eigenvalue weighted by molar-refractivity contribution is 5.76. The van der Waals surface area contributed by atoms with Crippen molar-refractivity contribution in [3.8, 4) is 5.75 Å². The quantitative estimate of drug-likeness (QED) is 0.743. The van der Waals surface area contributed by atoms with Crippen molar-refractivity contribution < 1.29 is 13.9 Å². The number of rotatable bonds is 4. The van der Waals surface area contributed by atoms with Gasteiger partial charge in [-0.1, -0.05) is 24.3 Å². The highest BCUT2D eigenvalue weighted by Gasteiger charge is 2.26. The molecule has 2 heterocycles. The number of halogens is 1. The van der Waals surface area contributed by atoms with Crippen LogP contribution in [0.3, 0.4) is 0 Å². The zero-order valence-corrected chi connectivity index (χ0v) is 13.1. The zero-order chi connectivity index (χ0) is 17.2. The molecule has 3 aromatic rings. The summed E-state index contributed by atoms with van der Waals surface area (Å²) in [5.41, 5.74) is 2.75. The molecule has 1 unspecified atom stereocenters. The van der Waals surface area contributed by atoms with E-state index in [1.165, 1.54) is 18.5 Å². The minimum atomic E-state index is -0.450. The lowest BCUT2D eigenvalue weighted by molar-refractivity contribution is -0.108. The molecule has 1 aromatic heterocycles. The molecule has 1 aliphatic heterocycles. The van der Waals surface area contributed by atoms with E-state index in [1.807, 2.05) is 18.2 Å². The highest BCUT2D eigenvalue weighted by Crippen LogP contribution is 2.38. The van der Waals surface area contributed by atoms with Crippen LogP contribution in [-0.2, 0) is 11.2 Å². The Labute approximate surface area is 143 Å². The first kappa shape index (κ1) is 15.3. The van der Waals surface area contributed by atoms with Crippen molar-refractivity contribution in [1.29, 1.82) is 0 Å². The van der Waals surface area contributed by atoms with Gasteiger partial charge in [-0.05, 0) is 41.8 Å². The number of allylic oxidation sites excluding steroid dienone is 1. The predicted molar refractivity (Wildman–Crippen MR) is 89.4 cm³/mol. The second-order valence-electron chi connectivity index (χ2n) is 5.75. The van der Waals surface area contributed by atoms with Gasteiger partial charge >= 0.3 is 0 Å². The molecule has 1 aliphatic rings. The van der Waals surface area contributed by atoms with Gasteiger partial charge in [0, 0.05) is 5.56 Å². The van der Waals surface area contributed by atoms with Crippen LogP contribution >= 0.6 is 0 Å². The fourth-order valence-corrected chi connectivity index (χ4v) is 2.99. The zero-order valence-electron chi connectivity index (χ0n) is 13.1. The van der Waals surface area contributed by atoms with E-state index in [0.29, 0.717) is 23.8 Å². The number of benzene rings is 2. The van der Waals surface area contributed by atoms with E-state index in [1.54, 1.807) is 18.2 Å². The molecule has 0 saturated carbocycles. The minimum absolute atomic E-state index is 0.271. The standard InChI is InChI=1S/C19H14FN3O2/c20-15-6-4-12(5-7-15)8-13-2-1-3-16-18(13)14(10-24)9-17(25-16)19-21-11-22-23-19/h1-7,9-11,14H,8H2,(H,21,22,23). The molecular weight excluding hydrogens is 321 g/mol. The molecule has 0 spiro atoms. The van der Waals surface area contributed by atoms with Crippen LogP contribution in [0.4, 0.5) is 4.39 Å². The maximum Gasteiger partial charge on any atom is 0.216 e. The second-order valence-corrected chi connectivity index (χ2v) is 5.75. The summed E-state index contributed by atoms with van der Waals surface area (Å²) in [6.45, 7) is 0. The third-order valence-corrected chi connectivity index (χ3v) is 4.13. The first-order chi connectivity index (χ1) is 12.2. The Morgan fingerprint density at radius 3 is 2.76 bits per heavy atom. The monoisotopic (exact) mass is 335 g/mol. The van der Waals surface area contributed by atoms with E-state index < -0.39 is 5.92 Å². The number of H-pyrrole nitrogens is 1. The molecule has 6 heteroatoms. The van der Waals surface area contributed by atoms with Gasteiger partial charge in [-0.3, -0.25) is 5.10 Å². The van der Waals surface area contributed by atoms with Gasteiger partial charge in [0.25, 0.3) is 0 Å². The van der Waals surface area contributed by atoms with Crippen molar-refractivity contribution in [3.05, 3.63) is 83.2 Å². The van der Waals surface area contributed by atoms with Gasteiger partial charge in [0.15, 0.2) is 5.76 Å². The molecule has 0 bridgehead atoms. The van der Waals surface area contributed by atoms with Gasteiger partial charge in [-0.25, -0.2) is 9.37 Å². The first-order valence-corrected chi connectivity index (χ1v) is 7.82. The van der Waals surface area contributed by atoms with Crippen LogP contribution in [0.15, 0.2) is 54.9 Å². The van der Waals surface area contributed by atoms with Crippen LogP contribution in [0.25, 0.3) is 5.76 Å². The summed E-state index contributed by atoms with van der Waals surface area (Å²) in [5.74, 6) is 0.742. The van der Waals surface area contributed by atoms with Gasteiger partial charge in [-0.15, -0.1) is 0 Å². The number of aldehydes is 1. The molecule has 0 fully saturated rings. The largest absolute Gasteiger partial charge is 0.453 e. The van der Waals surface area contributed by atoms with Gasteiger partial charge in [0.2, 0.25) is 5.82 Å². The fraction of sp³-hybridized carbons (Fsp3) is 0.105. The van der Waals surface area contributed by atoms with Crippen molar-refractivity contribution in [2.24, 2.45) is 0 Å². The summed E-state index contributed by atoms with van der Waals surface area (Å²) >= 11 is 0. The van der Waals surface area contributed by atoms with Crippen molar-refractivity contribution in [2.75, 3.05) is 0 Å². The van der Waals surface area contributed by atoms with Gasteiger partial charge < -0.3 is 9.53 Å². The number of hydrogen-bond acceptors (Lipinski definition) is 4. The predicted octanol–water partition coefficient (Wildman–Crippen LogP) is 3.25. The average molecular weight is 335 g/mol. The smallest absolute Gasteiger partial charge is 0.216 e. The molecule has 25 heavy (non-hydrogen) atoms. The SMILES string of the molecule is O=CC1C=C(c2nc[nH]n2)Oc2cccc(Cc3ccc(F)cc3)c21. The van der Waals surface area contributed by atoms with Gasteiger partial charge in [-0.2, -0.15) is 5.10 Å². The molecule has 124 valence electrons. The molecule has 5 nitrogen and oxygen atoms in total. The van der Waals surface area contributed by atoms with Crippen molar-refractivity contribution >= 4 is 12.0 Å². The number of nitrogens with one attached hydrogen (secondary N) is 1. The maximum absolute atomic E-state index is 13.1. The van der Waals surface area contributed by atoms with Gasteiger partial charge in [0.05, 0.1) is 5.92 Å². The number of hydrogen-bond donors (Lipinski definition) is 1. The summed E-state index contributed by atoms with van der Waals surface area (Å²) in [6.07, 6.45) is 4.63. The Hall–Kier alpha value is -3.28. The minimum Gasteiger partial charge on any atom is -0.453 e. The molecule has 1 N–H and O–H groups in total. The van der Waals surface area contributed by atoms with Crippen LogP contribution in [0.1, 0.15) is 28.4 Å². The van der Waals surface area contributed by atoms with E-state index >= 15 is 0 Å². The van der Waals surface area contributed by atoms with E-state index in [4.69, 9.17) is 4.74 Å². The lowest BCUT2D eigenvalue weighted by atomic mass is 9.89. The Morgan fingerprint density at radius 2 is 2.04 bits per heavy atom. The Morgan fingerprint density at radius 1 is 1.20 bits per heavy atom. The highest BCUT2D eigenvalue weighted by atomic mass is 19.1. The lowest BCUT2D eigenvalue weighted by Gasteiger charge is -2.23. The van der Waals surface area contributed by atoms with E-state index in [-0.39, 0.29) is 5.82 Å². The van der Waals surface area contributed by atoms with E-state index in [9.17, 15) is 9.18 Å². The van der Waals surface area contributed by atoms with Crippen LogP contribution in [0.5, 0.6) is 5.75 Å². The number of aromatic nitrogens is 3. The van der Waals surface area contributed by atoms with Crippen molar-refractivity contribution in [3.63, 3.8) is 0 Å². The number of aromatic amines is 1. The molecule has 2 aromatic carbocycles. The Kier molecular flexibility index (Phi) is 3.85. The number of carbonyl (C=O) groups is 1. The number of carbonyl (C=O) groups excluding carboxylic acids is 1. The second kappa shape index (κ2) is 6.32. The summed E-state index contributed by atoms with van der Waals surface area (Å²) in [7, 11) is 0. The average Bonchev–Trinajstić information content (AvgIpc) is 3.17. The van der Waals surface area contributed by atoms with Crippen LogP contribution < -0.4 is 4.74 Å². The fourth-order valence-electron chi connectivity index (χ4n) is 2.99. The molecule has 0 amide bonds. The Bertz CT molecular complexity index is 934. The van der Waals surface area contributed by atoms with E-state index in [2.05, 4.69) is 15.2 Å². The first-order valence-electron chi connectivity index (χ1n) is 7.82. The molecule has 1 atom stereocenters. The van der Waals surface area contributed by atoms with Crippen molar-refractivity contribution in [1.82, 2.24) is 15.2 Å². The van der Waals surface area contributed by atoms with Crippen LogP contribution in [0, 0.1) is 5.82 Å². The number of nitrogens with zero attached hydrogens (tertiary/aromatic N) is 2. The number of fused-ring (bicyclic) bond motifs is 1. The van der Waals surface area contributed by atoms with Crippen LogP contribution in [-0.4, -0.2) is 21.5 Å². The van der Waals surface area contributed by atoms with Gasteiger partial charge in [0.1, 0.15) is 24.2 Å². The van der Waals surface area contributed by atoms with Crippen molar-refractivity contribution in [2.45, 2.75) is 12.3 Å². The summed E-state index contributed by atoms with van der Waals surface area (Å²) in [6, 6.07) is 12.0. The Balaban J connectivity index is 1.72. The topological polar surface area (TPSA) is 67.9 Å². The third kappa shape index (κ3) is 2.94. The summed E-state index contributed by atoms with van der Waals surface area (Å²) < 4.78 is 19.0. The maximum atomic E-state index is 13.1. The molecule has 0 radical (unpaired) electrons. The van der Waals surface area contributed by atoms with E-state index in [0.717, 1.165) is 23.0 Å². The lowest BCUT2D eigenvalue weighted by Crippen LogP contribution is -2.13. The number of ether oxygens (including phenoxy) is 1. The molecule has 4 rings (SSSR count). The summed E-state index contributed by atoms with van der Waals surface area (Å²) in [4.78, 5) is 15.8. The molecule has 0 aliphatic carbocycles. The molecular formula is C19H14FN3O2.